The molecule has 0 atom stereocenters. The van der Waals surface area contributed by atoms with E-state index in [1.54, 1.807) is 12.1 Å². The van der Waals surface area contributed by atoms with Crippen molar-refractivity contribution in [3.05, 3.63) is 65.5 Å². The summed E-state index contributed by atoms with van der Waals surface area (Å²) in [7, 11) is -3.73. The minimum absolute atomic E-state index is 0.344. The third-order valence-corrected chi connectivity index (χ3v) is 4.78. The lowest BCUT2D eigenvalue weighted by Gasteiger charge is -2.09. The molecule has 0 saturated heterocycles. The molecule has 134 valence electrons. The number of carbonyl (C=O) groups excluding carboxylic acids is 1. The smallest absolute Gasteiger partial charge is 0.326 e. The van der Waals surface area contributed by atoms with E-state index in [0.29, 0.717) is 17.2 Å². The summed E-state index contributed by atoms with van der Waals surface area (Å²) in [4.78, 5) is 11.8. The van der Waals surface area contributed by atoms with Gasteiger partial charge in [0.25, 0.3) is 0 Å². The van der Waals surface area contributed by atoms with Gasteiger partial charge in [0.05, 0.1) is 5.75 Å². The number of hydrogen-bond donors (Lipinski definition) is 1. The van der Waals surface area contributed by atoms with Gasteiger partial charge in [0.2, 0.25) is 10.0 Å². The van der Waals surface area contributed by atoms with Crippen LogP contribution in [0.3, 0.4) is 0 Å². The molecule has 1 N–H and O–H groups in total. The molecule has 0 saturated carbocycles. The van der Waals surface area contributed by atoms with Gasteiger partial charge in [0, 0.05) is 0 Å². The topological polar surface area (TPSA) is 72.5 Å². The molecule has 0 unspecified atom stereocenters. The molecule has 0 aliphatic carbocycles. The van der Waals surface area contributed by atoms with E-state index in [1.807, 2.05) is 12.1 Å². The van der Waals surface area contributed by atoms with Gasteiger partial charge in [-0.15, -0.1) is 0 Å². The number of halogens is 1. The second-order valence-electron chi connectivity index (χ2n) is 5.90. The first-order valence-electron chi connectivity index (χ1n) is 7.77. The molecule has 0 aliphatic rings. The van der Waals surface area contributed by atoms with E-state index in [9.17, 15) is 17.6 Å². The van der Waals surface area contributed by atoms with Crippen LogP contribution in [0, 0.1) is 5.82 Å². The Morgan fingerprint density at radius 1 is 1.08 bits per heavy atom. The molecule has 2 rings (SSSR count). The number of nitrogens with one attached hydrogen (secondary N) is 1. The van der Waals surface area contributed by atoms with E-state index < -0.39 is 28.4 Å². The van der Waals surface area contributed by atoms with Gasteiger partial charge >= 0.3 is 5.97 Å². The van der Waals surface area contributed by atoms with Crippen molar-refractivity contribution in [2.45, 2.75) is 25.5 Å². The van der Waals surface area contributed by atoms with Crippen molar-refractivity contribution in [2.75, 3.05) is 6.54 Å². The van der Waals surface area contributed by atoms with Crippen LogP contribution in [0.2, 0.25) is 0 Å². The SMILES string of the molecule is CC(C)c1ccc(OC(=O)CNS(=O)(=O)Cc2ccc(F)cc2)cc1. The molecule has 2 aromatic carbocycles. The summed E-state index contributed by atoms with van der Waals surface area (Å²) in [6.07, 6.45) is 0. The van der Waals surface area contributed by atoms with Crippen molar-refractivity contribution in [3.63, 3.8) is 0 Å². The summed E-state index contributed by atoms with van der Waals surface area (Å²) in [6.45, 7) is 3.63. The number of hydrogen-bond acceptors (Lipinski definition) is 4. The maximum atomic E-state index is 12.8. The molecule has 0 aliphatic heterocycles. The quantitative estimate of drug-likeness (QED) is 0.605. The molecule has 7 heteroatoms. The van der Waals surface area contributed by atoms with Crippen LogP contribution in [0.15, 0.2) is 48.5 Å². The largest absolute Gasteiger partial charge is 0.426 e. The van der Waals surface area contributed by atoms with E-state index in [-0.39, 0.29) is 5.75 Å². The van der Waals surface area contributed by atoms with Gasteiger partial charge in [-0.2, -0.15) is 0 Å². The van der Waals surface area contributed by atoms with Crippen molar-refractivity contribution in [2.24, 2.45) is 0 Å². The fourth-order valence-corrected chi connectivity index (χ4v) is 3.18. The summed E-state index contributed by atoms with van der Waals surface area (Å²) in [5.74, 6) is -0.778. The average molecular weight is 365 g/mol. The Morgan fingerprint density at radius 2 is 1.68 bits per heavy atom. The summed E-state index contributed by atoms with van der Waals surface area (Å²) in [6, 6.07) is 12.2. The minimum Gasteiger partial charge on any atom is -0.426 e. The highest BCUT2D eigenvalue weighted by Gasteiger charge is 2.15. The van der Waals surface area contributed by atoms with Crippen molar-refractivity contribution >= 4 is 16.0 Å². The predicted octanol–water partition coefficient (Wildman–Crippen LogP) is 2.97. The molecular formula is C18H20FNO4S. The Balaban J connectivity index is 1.86. The predicted molar refractivity (Wildman–Crippen MR) is 93.2 cm³/mol. The van der Waals surface area contributed by atoms with Crippen LogP contribution in [-0.2, 0) is 20.6 Å². The highest BCUT2D eigenvalue weighted by Crippen LogP contribution is 2.18. The molecule has 0 bridgehead atoms. The second kappa shape index (κ2) is 8.22. The first-order valence-corrected chi connectivity index (χ1v) is 9.43. The Bertz CT molecular complexity index is 815. The van der Waals surface area contributed by atoms with E-state index >= 15 is 0 Å². The molecule has 0 amide bonds. The Labute approximate surface area is 146 Å². The van der Waals surface area contributed by atoms with Gasteiger partial charge in [-0.3, -0.25) is 4.79 Å². The number of benzene rings is 2. The fraction of sp³-hybridized carbons (Fsp3) is 0.278. The summed E-state index contributed by atoms with van der Waals surface area (Å²) < 4.78 is 44.0. The van der Waals surface area contributed by atoms with E-state index in [1.165, 1.54) is 24.3 Å². The Hall–Kier alpha value is -2.25. The summed E-state index contributed by atoms with van der Waals surface area (Å²) in [5, 5.41) is 0. The molecule has 0 fully saturated rings. The zero-order valence-electron chi connectivity index (χ0n) is 14.0. The summed E-state index contributed by atoms with van der Waals surface area (Å²) >= 11 is 0. The van der Waals surface area contributed by atoms with Crippen molar-refractivity contribution in [1.82, 2.24) is 4.72 Å². The van der Waals surface area contributed by atoms with Gasteiger partial charge in [0.1, 0.15) is 18.1 Å². The molecule has 0 heterocycles. The third kappa shape index (κ3) is 6.28. The van der Waals surface area contributed by atoms with Crippen molar-refractivity contribution in [1.29, 1.82) is 0 Å². The lowest BCUT2D eigenvalue weighted by molar-refractivity contribution is -0.133. The number of esters is 1. The molecule has 2 aromatic rings. The average Bonchev–Trinajstić information content (AvgIpc) is 2.56. The first kappa shape index (κ1) is 19.1. The lowest BCUT2D eigenvalue weighted by Crippen LogP contribution is -2.32. The van der Waals surface area contributed by atoms with E-state index in [2.05, 4.69) is 18.6 Å². The van der Waals surface area contributed by atoms with Gasteiger partial charge in [-0.1, -0.05) is 38.1 Å². The highest BCUT2D eigenvalue weighted by molar-refractivity contribution is 7.88. The van der Waals surface area contributed by atoms with Crippen LogP contribution in [0.4, 0.5) is 4.39 Å². The monoisotopic (exact) mass is 365 g/mol. The fourth-order valence-electron chi connectivity index (χ4n) is 2.11. The van der Waals surface area contributed by atoms with Crippen molar-refractivity contribution in [3.8, 4) is 5.75 Å². The molecule has 25 heavy (non-hydrogen) atoms. The summed E-state index contributed by atoms with van der Waals surface area (Å²) in [5.41, 5.74) is 1.53. The highest BCUT2D eigenvalue weighted by atomic mass is 32.2. The van der Waals surface area contributed by atoms with Crippen LogP contribution in [0.5, 0.6) is 5.75 Å². The van der Waals surface area contributed by atoms with Crippen LogP contribution in [0.25, 0.3) is 0 Å². The van der Waals surface area contributed by atoms with Crippen LogP contribution in [0.1, 0.15) is 30.9 Å². The molecular weight excluding hydrogens is 345 g/mol. The normalized spacial score (nSPS) is 11.5. The van der Waals surface area contributed by atoms with Crippen LogP contribution >= 0.6 is 0 Å². The molecule has 0 radical (unpaired) electrons. The third-order valence-electron chi connectivity index (χ3n) is 3.48. The van der Waals surface area contributed by atoms with Gasteiger partial charge in [0.15, 0.2) is 0 Å². The molecule has 0 spiro atoms. The van der Waals surface area contributed by atoms with Gasteiger partial charge < -0.3 is 4.74 Å². The standard InChI is InChI=1S/C18H20FNO4S/c1-13(2)15-5-9-17(10-6-15)24-18(21)11-20-25(22,23)12-14-3-7-16(19)8-4-14/h3-10,13,20H,11-12H2,1-2H3. The number of rotatable bonds is 7. The first-order chi connectivity index (χ1) is 11.7. The maximum absolute atomic E-state index is 12.8. The Morgan fingerprint density at radius 3 is 2.24 bits per heavy atom. The van der Waals surface area contributed by atoms with Crippen LogP contribution in [-0.4, -0.2) is 20.9 Å². The zero-order chi connectivity index (χ0) is 18.4. The van der Waals surface area contributed by atoms with Gasteiger partial charge in [-0.25, -0.2) is 17.5 Å². The second-order valence-corrected chi connectivity index (χ2v) is 7.71. The van der Waals surface area contributed by atoms with Crippen LogP contribution < -0.4 is 9.46 Å². The lowest BCUT2D eigenvalue weighted by atomic mass is 10.0. The number of ether oxygens (including phenoxy) is 1. The van der Waals surface area contributed by atoms with Crippen molar-refractivity contribution < 1.29 is 22.3 Å². The molecule has 0 aromatic heterocycles. The molecule has 5 nitrogen and oxygen atoms in total. The van der Waals surface area contributed by atoms with E-state index in [0.717, 1.165) is 5.56 Å². The Kier molecular flexibility index (Phi) is 6.27. The number of carbonyl (C=O) groups is 1. The maximum Gasteiger partial charge on any atom is 0.326 e. The number of sulfonamides is 1. The van der Waals surface area contributed by atoms with E-state index in [4.69, 9.17) is 4.74 Å². The minimum atomic E-state index is -3.73. The zero-order valence-corrected chi connectivity index (χ0v) is 14.8. The van der Waals surface area contributed by atoms with Gasteiger partial charge in [-0.05, 0) is 41.3 Å².